The molecule has 0 spiro atoms. The van der Waals surface area contributed by atoms with Crippen molar-refractivity contribution in [1.29, 1.82) is 0 Å². The summed E-state index contributed by atoms with van der Waals surface area (Å²) >= 11 is 0. The average Bonchev–Trinajstić information content (AvgIpc) is 3.68. The van der Waals surface area contributed by atoms with Crippen LogP contribution in [-0.4, -0.2) is 46.7 Å². The number of anilines is 1. The third-order valence-corrected chi connectivity index (χ3v) is 7.91. The highest BCUT2D eigenvalue weighted by Crippen LogP contribution is 2.44. The first-order valence-electron chi connectivity index (χ1n) is 13.7. The molecule has 41 heavy (non-hydrogen) atoms. The molecule has 3 heterocycles. The number of aromatic amines is 1. The number of carbonyl (C=O) groups excluding carboxylic acids is 1. The highest BCUT2D eigenvalue weighted by atomic mass is 16.5. The predicted molar refractivity (Wildman–Crippen MR) is 158 cm³/mol. The fourth-order valence-electron chi connectivity index (χ4n) is 5.55. The predicted octanol–water partition coefficient (Wildman–Crippen LogP) is 6.45. The van der Waals surface area contributed by atoms with Gasteiger partial charge < -0.3 is 29.5 Å². The molecule has 9 heteroatoms. The van der Waals surface area contributed by atoms with Crippen LogP contribution in [-0.2, 0) is 0 Å². The lowest BCUT2D eigenvalue weighted by Crippen LogP contribution is -2.50. The average molecular weight is 552 g/mol. The maximum Gasteiger partial charge on any atom is 0.268 e. The van der Waals surface area contributed by atoms with E-state index < -0.39 is 0 Å². The number of furan rings is 1. The van der Waals surface area contributed by atoms with Gasteiger partial charge in [0.25, 0.3) is 5.91 Å². The summed E-state index contributed by atoms with van der Waals surface area (Å²) < 4.78 is 17.2. The highest BCUT2D eigenvalue weighted by molar-refractivity contribution is 6.06. The number of fused-ring (bicyclic) bond motifs is 1. The van der Waals surface area contributed by atoms with Crippen molar-refractivity contribution in [3.63, 3.8) is 0 Å². The molecule has 1 aliphatic carbocycles. The van der Waals surface area contributed by atoms with Crippen LogP contribution in [0.4, 0.5) is 5.82 Å². The van der Waals surface area contributed by atoms with E-state index in [1.54, 1.807) is 26.5 Å². The van der Waals surface area contributed by atoms with E-state index in [1.807, 2.05) is 54.6 Å². The van der Waals surface area contributed by atoms with Gasteiger partial charge >= 0.3 is 0 Å². The Morgan fingerprint density at radius 2 is 1.61 bits per heavy atom. The lowest BCUT2D eigenvalue weighted by Gasteiger charge is -2.38. The van der Waals surface area contributed by atoms with Crippen LogP contribution in [0.3, 0.4) is 0 Å². The lowest BCUT2D eigenvalue weighted by molar-refractivity contribution is 0.0875. The molecule has 1 fully saturated rings. The highest BCUT2D eigenvalue weighted by Gasteiger charge is 2.33. The molecule has 0 unspecified atom stereocenters. The van der Waals surface area contributed by atoms with E-state index in [9.17, 15) is 4.79 Å². The summed E-state index contributed by atoms with van der Waals surface area (Å²) in [6, 6.07) is 19.5. The number of hydrogen-bond donors (Lipinski definition) is 3. The Hall–Kier alpha value is -4.79. The number of aromatic nitrogens is 3. The van der Waals surface area contributed by atoms with Gasteiger partial charge in [0, 0.05) is 28.9 Å². The van der Waals surface area contributed by atoms with Crippen molar-refractivity contribution in [3.05, 3.63) is 78.9 Å². The normalized spacial score (nSPS) is 18.7. The molecule has 3 aromatic heterocycles. The summed E-state index contributed by atoms with van der Waals surface area (Å²) in [5.74, 6) is 2.91. The van der Waals surface area contributed by atoms with E-state index in [-0.39, 0.29) is 17.5 Å². The maximum absolute atomic E-state index is 12.7. The van der Waals surface area contributed by atoms with E-state index in [0.717, 1.165) is 65.1 Å². The zero-order chi connectivity index (χ0) is 28.4. The molecular weight excluding hydrogens is 518 g/mol. The topological polar surface area (TPSA) is 114 Å². The number of methoxy groups -OCH3 is 2. The van der Waals surface area contributed by atoms with Crippen molar-refractivity contribution in [3.8, 4) is 33.9 Å². The molecule has 1 amide bonds. The van der Waals surface area contributed by atoms with Crippen molar-refractivity contribution in [1.82, 2.24) is 20.3 Å². The number of nitrogens with one attached hydrogen (secondary N) is 3. The van der Waals surface area contributed by atoms with Gasteiger partial charge in [-0.05, 0) is 86.7 Å². The fraction of sp³-hybridized carbons (Fsp3) is 0.281. The fourth-order valence-corrected chi connectivity index (χ4v) is 5.55. The number of ether oxygens (including phenoxy) is 2. The van der Waals surface area contributed by atoms with E-state index >= 15 is 0 Å². The first-order chi connectivity index (χ1) is 20.0. The standard InChI is InChI=1S/C32H33N5O4/c1-32(37-30(38)25-5-4-18-33-25)16-14-22(15-17-32)36-29-27-26(20-6-10-23(39-2)11-7-20)28(41-31(27)35-19-34-29)21-8-12-24(40-3)13-9-21/h4-13,18-19,22,33H,14-17H2,1-3H3,(H,37,38)(H,34,35,36). The Bertz CT molecular complexity index is 1630. The van der Waals surface area contributed by atoms with Gasteiger partial charge in [0.2, 0.25) is 5.71 Å². The first kappa shape index (κ1) is 26.4. The minimum absolute atomic E-state index is 0.0741. The van der Waals surface area contributed by atoms with Crippen LogP contribution >= 0.6 is 0 Å². The van der Waals surface area contributed by atoms with Crippen LogP contribution in [0.2, 0.25) is 0 Å². The number of hydrogen-bond acceptors (Lipinski definition) is 7. The summed E-state index contributed by atoms with van der Waals surface area (Å²) in [5, 5.41) is 7.74. The molecule has 0 aliphatic heterocycles. The smallest absolute Gasteiger partial charge is 0.268 e. The summed E-state index contributed by atoms with van der Waals surface area (Å²) in [4.78, 5) is 24.8. The molecule has 1 saturated carbocycles. The molecule has 0 bridgehead atoms. The van der Waals surface area contributed by atoms with Crippen LogP contribution in [0, 0.1) is 0 Å². The number of H-pyrrole nitrogens is 1. The van der Waals surface area contributed by atoms with Crippen molar-refractivity contribution in [2.75, 3.05) is 19.5 Å². The zero-order valence-corrected chi connectivity index (χ0v) is 23.4. The number of rotatable bonds is 8. The molecule has 5 aromatic rings. The van der Waals surface area contributed by atoms with Crippen molar-refractivity contribution in [2.24, 2.45) is 0 Å². The maximum atomic E-state index is 12.7. The molecule has 2 aromatic carbocycles. The van der Waals surface area contributed by atoms with Gasteiger partial charge in [-0.15, -0.1) is 0 Å². The largest absolute Gasteiger partial charge is 0.497 e. The second kappa shape index (κ2) is 11.0. The Labute approximate surface area is 238 Å². The van der Waals surface area contributed by atoms with Crippen LogP contribution in [0.5, 0.6) is 11.5 Å². The second-order valence-electron chi connectivity index (χ2n) is 10.7. The van der Waals surface area contributed by atoms with Crippen LogP contribution in [0.25, 0.3) is 33.6 Å². The van der Waals surface area contributed by atoms with Crippen LogP contribution in [0.1, 0.15) is 43.1 Å². The number of amides is 1. The van der Waals surface area contributed by atoms with E-state index in [4.69, 9.17) is 13.9 Å². The number of carbonyl (C=O) groups is 1. The molecule has 9 nitrogen and oxygen atoms in total. The van der Waals surface area contributed by atoms with Gasteiger partial charge in [0.05, 0.1) is 19.6 Å². The third-order valence-electron chi connectivity index (χ3n) is 7.91. The van der Waals surface area contributed by atoms with E-state index in [0.29, 0.717) is 17.2 Å². The van der Waals surface area contributed by atoms with Crippen molar-refractivity contribution >= 4 is 22.8 Å². The van der Waals surface area contributed by atoms with Crippen LogP contribution < -0.4 is 20.1 Å². The minimum Gasteiger partial charge on any atom is -0.497 e. The van der Waals surface area contributed by atoms with Gasteiger partial charge in [-0.3, -0.25) is 4.79 Å². The molecule has 1 aliphatic rings. The van der Waals surface area contributed by atoms with Crippen molar-refractivity contribution < 1.29 is 18.7 Å². The Morgan fingerprint density at radius 3 is 2.22 bits per heavy atom. The Balaban J connectivity index is 1.31. The molecular formula is C32H33N5O4. The molecule has 0 saturated heterocycles. The van der Waals surface area contributed by atoms with Gasteiger partial charge in [-0.1, -0.05) is 12.1 Å². The van der Waals surface area contributed by atoms with E-state index in [2.05, 4.69) is 32.5 Å². The lowest BCUT2D eigenvalue weighted by atomic mass is 9.80. The third kappa shape index (κ3) is 5.35. The SMILES string of the molecule is COc1ccc(-c2oc3ncnc(NC4CCC(C)(NC(=O)c5ccc[nH]5)CC4)c3c2-c2ccc(OC)cc2)cc1. The monoisotopic (exact) mass is 551 g/mol. The quantitative estimate of drug-likeness (QED) is 0.203. The van der Waals surface area contributed by atoms with Crippen LogP contribution in [0.15, 0.2) is 77.6 Å². The summed E-state index contributed by atoms with van der Waals surface area (Å²) in [6.45, 7) is 2.12. The second-order valence-corrected chi connectivity index (χ2v) is 10.7. The Kier molecular flexibility index (Phi) is 7.09. The van der Waals surface area contributed by atoms with Gasteiger partial charge in [0.15, 0.2) is 0 Å². The zero-order valence-electron chi connectivity index (χ0n) is 23.4. The van der Waals surface area contributed by atoms with Gasteiger partial charge in [-0.25, -0.2) is 9.97 Å². The van der Waals surface area contributed by atoms with E-state index in [1.165, 1.54) is 6.33 Å². The summed E-state index contributed by atoms with van der Waals surface area (Å²) in [5.41, 5.74) is 3.61. The van der Waals surface area contributed by atoms with Gasteiger partial charge in [0.1, 0.15) is 35.1 Å². The molecule has 6 rings (SSSR count). The number of nitrogens with zero attached hydrogens (tertiary/aromatic N) is 2. The summed E-state index contributed by atoms with van der Waals surface area (Å²) in [7, 11) is 3.30. The number of benzene rings is 2. The Morgan fingerprint density at radius 1 is 0.951 bits per heavy atom. The first-order valence-corrected chi connectivity index (χ1v) is 13.7. The molecule has 3 N–H and O–H groups in total. The summed E-state index contributed by atoms with van der Waals surface area (Å²) in [6.07, 6.45) is 6.75. The van der Waals surface area contributed by atoms with Gasteiger partial charge in [-0.2, -0.15) is 0 Å². The van der Waals surface area contributed by atoms with Crippen molar-refractivity contribution in [2.45, 2.75) is 44.2 Å². The minimum atomic E-state index is -0.271. The molecule has 210 valence electrons. The molecule has 0 atom stereocenters. The molecule has 0 radical (unpaired) electrons.